The van der Waals surface area contributed by atoms with Crippen molar-refractivity contribution in [3.8, 4) is 0 Å². The Morgan fingerprint density at radius 1 is 0.828 bits per heavy atom. The fraction of sp³-hybridized carbons (Fsp3) is 0.217. The van der Waals surface area contributed by atoms with E-state index in [1.807, 2.05) is 78.9 Å². The molecule has 3 atom stereocenters. The summed E-state index contributed by atoms with van der Waals surface area (Å²) in [7, 11) is -5.22. The highest BCUT2D eigenvalue weighted by Gasteiger charge is 2.33. The second kappa shape index (κ2) is 9.96. The van der Waals surface area contributed by atoms with Crippen LogP contribution in [0.5, 0.6) is 0 Å². The molecule has 0 saturated heterocycles. The van der Waals surface area contributed by atoms with Crippen LogP contribution in [0.2, 0.25) is 0 Å². The average Bonchev–Trinajstić information content (AvgIpc) is 2.73. The van der Waals surface area contributed by atoms with Crippen molar-refractivity contribution >= 4 is 20.9 Å². The number of hydrogen-bond donors (Lipinski definition) is 0. The van der Waals surface area contributed by atoms with Crippen LogP contribution in [0, 0.1) is 0 Å². The van der Waals surface area contributed by atoms with E-state index >= 15 is 0 Å². The van der Waals surface area contributed by atoms with Gasteiger partial charge in [0.2, 0.25) is 0 Å². The average molecular weight is 429 g/mol. The van der Waals surface area contributed by atoms with Gasteiger partial charge in [-0.25, -0.2) is 0 Å². The first kappa shape index (κ1) is 21.4. The topological polar surface area (TPSA) is 60.4 Å². The van der Waals surface area contributed by atoms with Gasteiger partial charge in [-0.05, 0) is 36.1 Å². The highest BCUT2D eigenvalue weighted by atomic mass is 32.2. The van der Waals surface area contributed by atoms with E-state index in [0.717, 1.165) is 17.4 Å². The van der Waals surface area contributed by atoms with Crippen LogP contribution in [-0.4, -0.2) is 25.0 Å². The summed E-state index contributed by atoms with van der Waals surface area (Å²) in [6.45, 7) is 0. The van der Waals surface area contributed by atoms with E-state index in [9.17, 15) is 12.6 Å². The van der Waals surface area contributed by atoms with Gasteiger partial charge in [-0.1, -0.05) is 78.9 Å². The van der Waals surface area contributed by atoms with E-state index in [2.05, 4.69) is 0 Å². The second-order valence-corrected chi connectivity index (χ2v) is 9.98. The predicted octanol–water partition coefficient (Wildman–Crippen LogP) is 4.51. The van der Waals surface area contributed by atoms with Crippen molar-refractivity contribution in [2.24, 2.45) is 0 Å². The molecule has 0 aliphatic carbocycles. The lowest BCUT2D eigenvalue weighted by molar-refractivity contribution is 0.196. The first-order chi connectivity index (χ1) is 13.9. The minimum absolute atomic E-state index is 0.426. The molecule has 29 heavy (non-hydrogen) atoms. The lowest BCUT2D eigenvalue weighted by Crippen LogP contribution is -2.29. The maximum absolute atomic E-state index is 13.5. The van der Waals surface area contributed by atoms with E-state index in [4.69, 9.17) is 4.18 Å². The third kappa shape index (κ3) is 6.35. The van der Waals surface area contributed by atoms with Crippen LogP contribution < -0.4 is 0 Å². The molecule has 6 heteroatoms. The Bertz CT molecular complexity index is 1020. The van der Waals surface area contributed by atoms with Crippen LogP contribution in [0.1, 0.15) is 22.8 Å². The zero-order valence-electron chi connectivity index (χ0n) is 16.2. The first-order valence-electron chi connectivity index (χ1n) is 9.37. The van der Waals surface area contributed by atoms with Crippen LogP contribution in [0.3, 0.4) is 0 Å². The minimum atomic E-state index is -3.73. The zero-order chi connectivity index (χ0) is 20.7. The molecule has 0 aliphatic rings. The molecule has 4 nitrogen and oxygen atoms in total. The molecule has 0 amide bonds. The largest absolute Gasteiger partial charge is 0.265 e. The number of hydrogen-bond acceptors (Lipinski definition) is 4. The summed E-state index contributed by atoms with van der Waals surface area (Å²) in [6.07, 6.45) is 1.33. The Balaban J connectivity index is 1.98. The van der Waals surface area contributed by atoms with Crippen LogP contribution in [-0.2, 0) is 31.5 Å². The SMILES string of the molecule is CS(=O)(=O)OC(CCc1ccccc1)C(c1ccccc1)S(=O)c1ccccc1. The monoisotopic (exact) mass is 428 g/mol. The van der Waals surface area contributed by atoms with Crippen LogP contribution >= 0.6 is 0 Å². The van der Waals surface area contributed by atoms with Gasteiger partial charge in [-0.15, -0.1) is 0 Å². The van der Waals surface area contributed by atoms with E-state index in [0.29, 0.717) is 17.7 Å². The Hall–Kier alpha value is -2.28. The quantitative estimate of drug-likeness (QED) is 0.471. The van der Waals surface area contributed by atoms with Crippen molar-refractivity contribution < 1.29 is 16.8 Å². The molecule has 0 N–H and O–H groups in total. The van der Waals surface area contributed by atoms with Crippen molar-refractivity contribution in [2.75, 3.05) is 6.26 Å². The van der Waals surface area contributed by atoms with Crippen molar-refractivity contribution in [2.45, 2.75) is 29.1 Å². The molecule has 0 saturated carbocycles. The second-order valence-electron chi connectivity index (χ2n) is 6.80. The van der Waals surface area contributed by atoms with Gasteiger partial charge in [-0.2, -0.15) is 8.42 Å². The highest BCUT2D eigenvalue weighted by Crippen LogP contribution is 2.33. The molecule has 0 spiro atoms. The van der Waals surface area contributed by atoms with Gasteiger partial charge >= 0.3 is 0 Å². The fourth-order valence-corrected chi connectivity index (χ4v) is 5.57. The molecular weight excluding hydrogens is 404 g/mol. The van der Waals surface area contributed by atoms with Crippen LogP contribution in [0.15, 0.2) is 95.9 Å². The van der Waals surface area contributed by atoms with Crippen molar-refractivity contribution in [3.05, 3.63) is 102 Å². The van der Waals surface area contributed by atoms with Gasteiger partial charge in [0.25, 0.3) is 10.1 Å². The van der Waals surface area contributed by atoms with E-state index in [1.54, 1.807) is 12.1 Å². The minimum Gasteiger partial charge on any atom is -0.265 e. The van der Waals surface area contributed by atoms with Gasteiger partial charge in [0, 0.05) is 4.90 Å². The Morgan fingerprint density at radius 2 is 1.34 bits per heavy atom. The molecule has 0 heterocycles. The molecule has 0 radical (unpaired) electrons. The van der Waals surface area contributed by atoms with Crippen LogP contribution in [0.4, 0.5) is 0 Å². The Labute approximate surface area is 175 Å². The lowest BCUT2D eigenvalue weighted by atomic mass is 10.0. The molecule has 0 aliphatic heterocycles. The third-order valence-corrected chi connectivity index (χ3v) is 6.90. The standard InChI is InChI=1S/C23H24O4S2/c1-29(25,26)27-22(18-17-19-11-5-2-6-12-19)23(20-13-7-3-8-14-20)28(24)21-15-9-4-10-16-21/h2-16,22-23H,17-18H2,1H3. The van der Waals surface area contributed by atoms with E-state index < -0.39 is 32.3 Å². The molecule has 0 fully saturated rings. The third-order valence-electron chi connectivity index (χ3n) is 4.53. The van der Waals surface area contributed by atoms with Crippen molar-refractivity contribution in [1.82, 2.24) is 0 Å². The Morgan fingerprint density at radius 3 is 1.90 bits per heavy atom. The molecule has 0 bridgehead atoms. The summed E-state index contributed by atoms with van der Waals surface area (Å²) in [5.41, 5.74) is 1.86. The molecule has 3 rings (SSSR count). The maximum atomic E-state index is 13.5. The summed E-state index contributed by atoms with van der Waals surface area (Å²) >= 11 is 0. The van der Waals surface area contributed by atoms with Gasteiger partial charge in [0.05, 0.1) is 28.4 Å². The molecule has 152 valence electrons. The number of benzene rings is 3. The highest BCUT2D eigenvalue weighted by molar-refractivity contribution is 7.86. The van der Waals surface area contributed by atoms with Gasteiger partial charge in [-0.3, -0.25) is 8.39 Å². The molecule has 3 unspecified atom stereocenters. The predicted molar refractivity (Wildman–Crippen MR) is 117 cm³/mol. The Kier molecular flexibility index (Phi) is 7.36. The van der Waals surface area contributed by atoms with E-state index in [1.165, 1.54) is 0 Å². The molecular formula is C23H24O4S2. The van der Waals surface area contributed by atoms with E-state index in [-0.39, 0.29) is 0 Å². The van der Waals surface area contributed by atoms with Crippen molar-refractivity contribution in [1.29, 1.82) is 0 Å². The van der Waals surface area contributed by atoms with Gasteiger partial charge in [0.15, 0.2) is 0 Å². The smallest absolute Gasteiger partial charge is 0.264 e. The normalized spacial score (nSPS) is 14.8. The zero-order valence-corrected chi connectivity index (χ0v) is 17.8. The molecule has 0 aromatic heterocycles. The number of aryl methyl sites for hydroxylation is 1. The maximum Gasteiger partial charge on any atom is 0.264 e. The van der Waals surface area contributed by atoms with Gasteiger partial charge in [0.1, 0.15) is 0 Å². The molecule has 3 aromatic rings. The summed E-state index contributed by atoms with van der Waals surface area (Å²) in [6, 6.07) is 28.2. The van der Waals surface area contributed by atoms with Crippen LogP contribution in [0.25, 0.3) is 0 Å². The lowest BCUT2D eigenvalue weighted by Gasteiger charge is -2.26. The fourth-order valence-electron chi connectivity index (χ4n) is 3.25. The summed E-state index contributed by atoms with van der Waals surface area (Å²) in [4.78, 5) is 0.642. The summed E-state index contributed by atoms with van der Waals surface area (Å²) in [5, 5.41) is -0.614. The summed E-state index contributed by atoms with van der Waals surface area (Å²) in [5.74, 6) is 0. The van der Waals surface area contributed by atoms with Gasteiger partial charge < -0.3 is 0 Å². The number of rotatable bonds is 9. The van der Waals surface area contributed by atoms with Crippen molar-refractivity contribution in [3.63, 3.8) is 0 Å². The summed E-state index contributed by atoms with van der Waals surface area (Å²) < 4.78 is 43.1. The molecule has 3 aromatic carbocycles. The first-order valence-corrected chi connectivity index (χ1v) is 12.4.